The SMILES string of the molecule is CN(C)c1nc(Nc2ccc(Cl)cc2)c2cnn(C)c2n1. The van der Waals surface area contributed by atoms with Gasteiger partial charge in [0.2, 0.25) is 5.95 Å². The number of hydrogen-bond donors (Lipinski definition) is 1. The first kappa shape index (κ1) is 13.6. The molecule has 0 aliphatic carbocycles. The molecule has 0 atom stereocenters. The van der Waals surface area contributed by atoms with E-state index in [0.29, 0.717) is 11.0 Å². The van der Waals surface area contributed by atoms with Crippen molar-refractivity contribution in [1.29, 1.82) is 0 Å². The van der Waals surface area contributed by atoms with Crippen molar-refractivity contribution in [1.82, 2.24) is 19.7 Å². The van der Waals surface area contributed by atoms with Crippen molar-refractivity contribution < 1.29 is 0 Å². The largest absolute Gasteiger partial charge is 0.347 e. The quantitative estimate of drug-likeness (QED) is 0.806. The Kier molecular flexibility index (Phi) is 3.39. The number of fused-ring (bicyclic) bond motifs is 1. The van der Waals surface area contributed by atoms with Gasteiger partial charge in [-0.2, -0.15) is 15.1 Å². The van der Waals surface area contributed by atoms with Crippen molar-refractivity contribution in [2.75, 3.05) is 24.3 Å². The summed E-state index contributed by atoms with van der Waals surface area (Å²) in [5.74, 6) is 1.35. The minimum absolute atomic E-state index is 0.627. The van der Waals surface area contributed by atoms with Crippen LogP contribution in [0.3, 0.4) is 0 Å². The lowest BCUT2D eigenvalue weighted by Crippen LogP contribution is -2.14. The molecule has 0 saturated heterocycles. The molecule has 0 radical (unpaired) electrons. The van der Waals surface area contributed by atoms with Gasteiger partial charge in [-0.3, -0.25) is 4.68 Å². The molecular formula is C14H15ClN6. The molecule has 7 heteroatoms. The predicted octanol–water partition coefficient (Wildman–Crippen LogP) is 2.83. The Balaban J connectivity index is 2.09. The second-order valence-corrected chi connectivity index (χ2v) is 5.34. The predicted molar refractivity (Wildman–Crippen MR) is 85.4 cm³/mol. The molecule has 21 heavy (non-hydrogen) atoms. The van der Waals surface area contributed by atoms with Crippen molar-refractivity contribution in [3.63, 3.8) is 0 Å². The Morgan fingerprint density at radius 3 is 2.52 bits per heavy atom. The summed E-state index contributed by atoms with van der Waals surface area (Å²) in [7, 11) is 5.67. The lowest BCUT2D eigenvalue weighted by Gasteiger charge is -2.13. The van der Waals surface area contributed by atoms with Crippen LogP contribution in [0.5, 0.6) is 0 Å². The number of hydrogen-bond acceptors (Lipinski definition) is 5. The van der Waals surface area contributed by atoms with Crippen LogP contribution in [0.15, 0.2) is 30.5 Å². The first-order valence-corrected chi connectivity index (χ1v) is 6.82. The highest BCUT2D eigenvalue weighted by Gasteiger charge is 2.12. The van der Waals surface area contributed by atoms with Gasteiger partial charge in [0.25, 0.3) is 0 Å². The van der Waals surface area contributed by atoms with Gasteiger partial charge in [-0.05, 0) is 24.3 Å². The molecule has 0 saturated carbocycles. The van der Waals surface area contributed by atoms with Crippen LogP contribution in [0.1, 0.15) is 0 Å². The van der Waals surface area contributed by atoms with Crippen LogP contribution in [0.4, 0.5) is 17.5 Å². The van der Waals surface area contributed by atoms with Gasteiger partial charge in [0, 0.05) is 31.9 Å². The molecule has 0 aliphatic heterocycles. The Morgan fingerprint density at radius 1 is 1.14 bits per heavy atom. The molecule has 2 aromatic heterocycles. The molecule has 1 N–H and O–H groups in total. The topological polar surface area (TPSA) is 58.9 Å². The van der Waals surface area contributed by atoms with Gasteiger partial charge in [0.15, 0.2) is 5.65 Å². The summed E-state index contributed by atoms with van der Waals surface area (Å²) < 4.78 is 1.73. The van der Waals surface area contributed by atoms with E-state index < -0.39 is 0 Å². The molecular weight excluding hydrogens is 288 g/mol. The first-order chi connectivity index (χ1) is 10.0. The third-order valence-electron chi connectivity index (χ3n) is 3.09. The molecule has 3 aromatic rings. The summed E-state index contributed by atoms with van der Waals surface area (Å²) in [6.07, 6.45) is 1.76. The molecule has 3 rings (SSSR count). The summed E-state index contributed by atoms with van der Waals surface area (Å²) in [6.45, 7) is 0. The Bertz CT molecular complexity index is 778. The standard InChI is InChI=1S/C14H15ClN6/c1-20(2)14-18-12(11-8-16-21(3)13(11)19-14)17-10-6-4-9(15)5-7-10/h4-8H,1-3H3,(H,17,18,19). The summed E-state index contributed by atoms with van der Waals surface area (Å²) in [4.78, 5) is 10.9. The Labute approximate surface area is 127 Å². The van der Waals surface area contributed by atoms with Crippen LogP contribution in [0.2, 0.25) is 5.02 Å². The van der Waals surface area contributed by atoms with Crippen molar-refractivity contribution >= 4 is 40.1 Å². The third kappa shape index (κ3) is 2.62. The summed E-state index contributed by atoms with van der Waals surface area (Å²) in [6, 6.07) is 7.47. The number of aryl methyl sites for hydroxylation is 1. The van der Waals surface area contributed by atoms with E-state index in [-0.39, 0.29) is 0 Å². The van der Waals surface area contributed by atoms with E-state index in [2.05, 4.69) is 20.4 Å². The Hall–Kier alpha value is -2.34. The molecule has 0 spiro atoms. The van der Waals surface area contributed by atoms with Crippen LogP contribution in [-0.2, 0) is 7.05 Å². The lowest BCUT2D eigenvalue weighted by molar-refractivity contribution is 0.784. The number of halogens is 1. The zero-order valence-corrected chi connectivity index (χ0v) is 12.8. The fourth-order valence-corrected chi connectivity index (χ4v) is 2.10. The van der Waals surface area contributed by atoms with E-state index in [9.17, 15) is 0 Å². The monoisotopic (exact) mass is 302 g/mol. The maximum atomic E-state index is 5.91. The van der Waals surface area contributed by atoms with Crippen molar-refractivity contribution in [3.8, 4) is 0 Å². The van der Waals surface area contributed by atoms with Gasteiger partial charge in [0.1, 0.15) is 5.82 Å². The van der Waals surface area contributed by atoms with E-state index in [1.165, 1.54) is 0 Å². The number of nitrogens with one attached hydrogen (secondary N) is 1. The fourth-order valence-electron chi connectivity index (χ4n) is 1.98. The maximum absolute atomic E-state index is 5.91. The number of nitrogens with zero attached hydrogens (tertiary/aromatic N) is 5. The second kappa shape index (κ2) is 5.21. The average Bonchev–Trinajstić information content (AvgIpc) is 2.83. The van der Waals surface area contributed by atoms with E-state index in [4.69, 9.17) is 11.6 Å². The summed E-state index contributed by atoms with van der Waals surface area (Å²) >= 11 is 5.91. The second-order valence-electron chi connectivity index (χ2n) is 4.90. The number of rotatable bonds is 3. The number of aromatic nitrogens is 4. The van der Waals surface area contributed by atoms with Gasteiger partial charge in [-0.1, -0.05) is 11.6 Å². The smallest absolute Gasteiger partial charge is 0.228 e. The highest BCUT2D eigenvalue weighted by molar-refractivity contribution is 6.30. The van der Waals surface area contributed by atoms with Gasteiger partial charge in [-0.15, -0.1) is 0 Å². The molecule has 0 aliphatic rings. The van der Waals surface area contributed by atoms with Crippen molar-refractivity contribution in [2.24, 2.45) is 7.05 Å². The van der Waals surface area contributed by atoms with Gasteiger partial charge in [-0.25, -0.2) is 0 Å². The number of anilines is 3. The molecule has 1 aromatic carbocycles. The lowest BCUT2D eigenvalue weighted by atomic mass is 10.3. The van der Waals surface area contributed by atoms with Crippen LogP contribution < -0.4 is 10.2 Å². The van der Waals surface area contributed by atoms with Crippen LogP contribution in [0.25, 0.3) is 11.0 Å². The van der Waals surface area contributed by atoms with E-state index in [1.807, 2.05) is 50.3 Å². The van der Waals surface area contributed by atoms with Gasteiger partial charge < -0.3 is 10.2 Å². The highest BCUT2D eigenvalue weighted by atomic mass is 35.5. The normalized spacial score (nSPS) is 10.9. The van der Waals surface area contributed by atoms with Crippen LogP contribution in [-0.4, -0.2) is 33.8 Å². The molecule has 0 unspecified atom stereocenters. The fraction of sp³-hybridized carbons (Fsp3) is 0.214. The van der Waals surface area contributed by atoms with Gasteiger partial charge >= 0.3 is 0 Å². The minimum Gasteiger partial charge on any atom is -0.347 e. The molecule has 0 fully saturated rings. The van der Waals surface area contributed by atoms with Crippen LogP contribution in [0, 0.1) is 0 Å². The molecule has 6 nitrogen and oxygen atoms in total. The molecule has 0 amide bonds. The Morgan fingerprint density at radius 2 is 1.86 bits per heavy atom. The van der Waals surface area contributed by atoms with Crippen molar-refractivity contribution in [3.05, 3.63) is 35.5 Å². The molecule has 0 bridgehead atoms. The van der Waals surface area contributed by atoms with E-state index >= 15 is 0 Å². The summed E-state index contributed by atoms with van der Waals surface area (Å²) in [5.41, 5.74) is 1.69. The third-order valence-corrected chi connectivity index (χ3v) is 3.34. The van der Waals surface area contributed by atoms with Crippen molar-refractivity contribution in [2.45, 2.75) is 0 Å². The van der Waals surface area contributed by atoms with E-state index in [0.717, 1.165) is 22.5 Å². The molecule has 108 valence electrons. The van der Waals surface area contributed by atoms with Crippen LogP contribution >= 0.6 is 11.6 Å². The summed E-state index contributed by atoms with van der Waals surface area (Å²) in [5, 5.41) is 9.11. The molecule has 2 heterocycles. The number of benzene rings is 1. The van der Waals surface area contributed by atoms with E-state index in [1.54, 1.807) is 10.9 Å². The highest BCUT2D eigenvalue weighted by Crippen LogP contribution is 2.26. The zero-order chi connectivity index (χ0) is 15.0. The minimum atomic E-state index is 0.627. The average molecular weight is 303 g/mol. The maximum Gasteiger partial charge on any atom is 0.228 e. The zero-order valence-electron chi connectivity index (χ0n) is 12.0. The first-order valence-electron chi connectivity index (χ1n) is 6.44. The van der Waals surface area contributed by atoms with Gasteiger partial charge in [0.05, 0.1) is 11.6 Å².